The van der Waals surface area contributed by atoms with E-state index >= 15 is 0 Å². The van der Waals surface area contributed by atoms with Crippen LogP contribution in [-0.4, -0.2) is 34.2 Å². The van der Waals surface area contributed by atoms with Gasteiger partial charge in [-0.25, -0.2) is 16.8 Å². The molecule has 0 saturated heterocycles. The van der Waals surface area contributed by atoms with E-state index in [1.54, 1.807) is 0 Å². The smallest absolute Gasteiger partial charge is 0.207 e. The van der Waals surface area contributed by atoms with Crippen molar-refractivity contribution in [1.29, 1.82) is 0 Å². The minimum atomic E-state index is -3.87. The van der Waals surface area contributed by atoms with Gasteiger partial charge in [0.05, 0.1) is 9.79 Å². The summed E-state index contributed by atoms with van der Waals surface area (Å²) in [5.74, 6) is 0. The van der Waals surface area contributed by atoms with Gasteiger partial charge in [-0.05, 0) is 24.3 Å². The van der Waals surface area contributed by atoms with Crippen molar-refractivity contribution in [3.8, 4) is 0 Å². The number of sulfonamides is 1. The summed E-state index contributed by atoms with van der Waals surface area (Å²) in [6.07, 6.45) is 2.91. The van der Waals surface area contributed by atoms with Crippen LogP contribution in [0.15, 0.2) is 59.4 Å². The molecule has 0 aliphatic heterocycles. The molecule has 0 aromatic heterocycles. The van der Waals surface area contributed by atoms with Crippen LogP contribution in [0.25, 0.3) is 0 Å². The molecule has 20 heavy (non-hydrogen) atoms. The van der Waals surface area contributed by atoms with E-state index in [0.717, 1.165) is 16.4 Å². The zero-order valence-electron chi connectivity index (χ0n) is 10.6. The second kappa shape index (κ2) is 6.53. The first kappa shape index (κ1) is 16.9. The van der Waals surface area contributed by atoms with E-state index in [4.69, 9.17) is 10.7 Å². The van der Waals surface area contributed by atoms with E-state index in [2.05, 4.69) is 13.2 Å². The second-order valence-corrected chi connectivity index (χ2v) is 8.31. The highest BCUT2D eigenvalue weighted by atomic mass is 35.7. The first-order valence-corrected chi connectivity index (χ1v) is 9.25. The third kappa shape index (κ3) is 3.92. The fraction of sp³-hybridized carbons (Fsp3) is 0.167. The van der Waals surface area contributed by atoms with Crippen molar-refractivity contribution in [1.82, 2.24) is 4.31 Å². The average Bonchev–Trinajstić information content (AvgIpc) is 2.37. The normalized spacial score (nSPS) is 12.3. The molecule has 0 saturated carbocycles. The number of rotatable bonds is 7. The van der Waals surface area contributed by atoms with Gasteiger partial charge in [0.25, 0.3) is 9.05 Å². The summed E-state index contributed by atoms with van der Waals surface area (Å²) in [6.45, 7) is 7.26. The van der Waals surface area contributed by atoms with Gasteiger partial charge in [-0.3, -0.25) is 0 Å². The molecule has 0 N–H and O–H groups in total. The SMILES string of the molecule is C=CCN(CC=C)S(=O)(=O)c1ccc(S(=O)(=O)Cl)cc1. The lowest BCUT2D eigenvalue weighted by Crippen LogP contribution is -2.31. The molecule has 0 bridgehead atoms. The Balaban J connectivity index is 3.21. The summed E-state index contributed by atoms with van der Waals surface area (Å²) in [7, 11) is -2.44. The van der Waals surface area contributed by atoms with Crippen LogP contribution in [0.1, 0.15) is 0 Å². The van der Waals surface area contributed by atoms with Crippen molar-refractivity contribution in [2.45, 2.75) is 9.79 Å². The molecule has 0 heterocycles. The molecule has 0 atom stereocenters. The molecule has 0 fully saturated rings. The van der Waals surface area contributed by atoms with Crippen LogP contribution in [-0.2, 0) is 19.1 Å². The Morgan fingerprint density at radius 3 is 1.70 bits per heavy atom. The fourth-order valence-electron chi connectivity index (χ4n) is 1.48. The largest absolute Gasteiger partial charge is 0.261 e. The zero-order valence-corrected chi connectivity index (χ0v) is 13.0. The van der Waals surface area contributed by atoms with Crippen molar-refractivity contribution < 1.29 is 16.8 Å². The topological polar surface area (TPSA) is 71.5 Å². The molecule has 5 nitrogen and oxygen atoms in total. The Morgan fingerprint density at radius 1 is 0.950 bits per heavy atom. The third-order valence-corrected chi connectivity index (χ3v) is 5.62. The van der Waals surface area contributed by atoms with Crippen LogP contribution in [0.3, 0.4) is 0 Å². The lowest BCUT2D eigenvalue weighted by Gasteiger charge is -2.19. The van der Waals surface area contributed by atoms with Crippen molar-refractivity contribution in [3.05, 3.63) is 49.6 Å². The van der Waals surface area contributed by atoms with Crippen LogP contribution in [0.2, 0.25) is 0 Å². The number of nitrogens with zero attached hydrogens (tertiary/aromatic N) is 1. The Kier molecular flexibility index (Phi) is 5.52. The molecule has 8 heteroatoms. The maximum absolute atomic E-state index is 12.3. The number of hydrogen-bond acceptors (Lipinski definition) is 4. The standard InChI is InChI=1S/C12H14ClNO4S2/c1-3-9-14(10-4-2)20(17,18)12-7-5-11(6-8-12)19(13,15)16/h3-8H,1-2,9-10H2. The van der Waals surface area contributed by atoms with E-state index in [9.17, 15) is 16.8 Å². The molecule has 1 rings (SSSR count). The molecule has 0 unspecified atom stereocenters. The molecule has 0 aliphatic carbocycles. The zero-order chi connectivity index (χ0) is 15.4. The van der Waals surface area contributed by atoms with Gasteiger partial charge in [0.15, 0.2) is 0 Å². The molecular weight excluding hydrogens is 322 g/mol. The Hall–Kier alpha value is -1.15. The lowest BCUT2D eigenvalue weighted by molar-refractivity contribution is 0.474. The van der Waals surface area contributed by atoms with Crippen molar-refractivity contribution in [2.24, 2.45) is 0 Å². The molecule has 0 radical (unpaired) electrons. The predicted octanol–water partition coefficient (Wildman–Crippen LogP) is 1.98. The minimum absolute atomic E-state index is 0.0229. The third-order valence-electron chi connectivity index (χ3n) is 2.41. The maximum atomic E-state index is 12.3. The molecule has 0 amide bonds. The van der Waals surface area contributed by atoms with Gasteiger partial charge in [0.2, 0.25) is 10.0 Å². The van der Waals surface area contributed by atoms with Gasteiger partial charge in [0, 0.05) is 23.8 Å². The molecular formula is C12H14ClNO4S2. The summed E-state index contributed by atoms with van der Waals surface area (Å²) in [6, 6.07) is 4.69. The Labute approximate surface area is 123 Å². The molecule has 0 aliphatic rings. The molecule has 1 aromatic rings. The van der Waals surface area contributed by atoms with Crippen molar-refractivity contribution in [3.63, 3.8) is 0 Å². The molecule has 0 spiro atoms. The van der Waals surface area contributed by atoms with E-state index < -0.39 is 19.1 Å². The highest BCUT2D eigenvalue weighted by molar-refractivity contribution is 8.13. The number of halogens is 1. The first-order chi connectivity index (χ1) is 9.23. The van der Waals surface area contributed by atoms with Gasteiger partial charge in [-0.15, -0.1) is 13.2 Å². The second-order valence-electron chi connectivity index (χ2n) is 3.81. The van der Waals surface area contributed by atoms with Gasteiger partial charge >= 0.3 is 0 Å². The van der Waals surface area contributed by atoms with E-state index in [0.29, 0.717) is 0 Å². The summed E-state index contributed by atoms with van der Waals surface area (Å²) in [5, 5.41) is 0. The minimum Gasteiger partial charge on any atom is -0.207 e. The molecule has 110 valence electrons. The van der Waals surface area contributed by atoms with Gasteiger partial charge in [-0.2, -0.15) is 4.31 Å². The maximum Gasteiger partial charge on any atom is 0.261 e. The lowest BCUT2D eigenvalue weighted by atomic mass is 10.4. The van der Waals surface area contributed by atoms with Crippen molar-refractivity contribution >= 4 is 29.8 Å². The quantitative estimate of drug-likeness (QED) is 0.564. The van der Waals surface area contributed by atoms with E-state index in [1.807, 2.05) is 0 Å². The van der Waals surface area contributed by atoms with Crippen LogP contribution >= 0.6 is 10.7 Å². The Bertz CT molecular complexity index is 683. The van der Waals surface area contributed by atoms with E-state index in [-0.39, 0.29) is 22.9 Å². The van der Waals surface area contributed by atoms with E-state index in [1.165, 1.54) is 24.3 Å². The summed E-state index contributed by atoms with van der Waals surface area (Å²) < 4.78 is 48.0. The van der Waals surface area contributed by atoms with Gasteiger partial charge in [0.1, 0.15) is 0 Å². The van der Waals surface area contributed by atoms with Crippen LogP contribution < -0.4 is 0 Å². The van der Waals surface area contributed by atoms with Crippen LogP contribution in [0, 0.1) is 0 Å². The summed E-state index contributed by atoms with van der Waals surface area (Å²) in [5.41, 5.74) is 0. The predicted molar refractivity (Wildman–Crippen MR) is 78.6 cm³/mol. The highest BCUT2D eigenvalue weighted by Gasteiger charge is 2.23. The van der Waals surface area contributed by atoms with Crippen LogP contribution in [0.5, 0.6) is 0 Å². The Morgan fingerprint density at radius 2 is 1.35 bits per heavy atom. The van der Waals surface area contributed by atoms with Gasteiger partial charge in [-0.1, -0.05) is 12.2 Å². The van der Waals surface area contributed by atoms with Crippen molar-refractivity contribution in [2.75, 3.05) is 13.1 Å². The number of benzene rings is 1. The average molecular weight is 336 g/mol. The fourth-order valence-corrected chi connectivity index (χ4v) is 3.63. The summed E-state index contributed by atoms with van der Waals surface area (Å²) >= 11 is 0. The summed E-state index contributed by atoms with van der Waals surface area (Å²) in [4.78, 5) is -0.178. The van der Waals surface area contributed by atoms with Gasteiger partial charge < -0.3 is 0 Å². The monoisotopic (exact) mass is 335 g/mol. The van der Waals surface area contributed by atoms with Crippen LogP contribution in [0.4, 0.5) is 0 Å². The number of hydrogen-bond donors (Lipinski definition) is 0. The molecule has 1 aromatic carbocycles. The highest BCUT2D eigenvalue weighted by Crippen LogP contribution is 2.20. The first-order valence-electron chi connectivity index (χ1n) is 5.50.